The zero-order valence-electron chi connectivity index (χ0n) is 19.7. The van der Waals surface area contributed by atoms with Crippen LogP contribution in [0.25, 0.3) is 0 Å². The molecule has 0 heterocycles. The van der Waals surface area contributed by atoms with Gasteiger partial charge in [0.2, 0.25) is 11.8 Å². The summed E-state index contributed by atoms with van der Waals surface area (Å²) in [6.07, 6.45) is 0.0821. The first-order valence-corrected chi connectivity index (χ1v) is 11.6. The van der Waals surface area contributed by atoms with Crippen LogP contribution in [0.15, 0.2) is 78.9 Å². The second kappa shape index (κ2) is 11.3. The summed E-state index contributed by atoms with van der Waals surface area (Å²) in [6.45, 7) is 5.90. The molecule has 1 N–H and O–H groups in total. The van der Waals surface area contributed by atoms with Crippen molar-refractivity contribution in [2.24, 2.45) is 0 Å². The van der Waals surface area contributed by atoms with Crippen LogP contribution in [-0.2, 0) is 29.0 Å². The lowest BCUT2D eigenvalue weighted by atomic mass is 9.99. The second-order valence-corrected chi connectivity index (χ2v) is 9.74. The Morgan fingerprint density at radius 1 is 0.912 bits per heavy atom. The van der Waals surface area contributed by atoms with Gasteiger partial charge in [0.25, 0.3) is 0 Å². The second-order valence-electron chi connectivity index (χ2n) is 9.33. The molecule has 0 fully saturated rings. The van der Waals surface area contributed by atoms with E-state index in [2.05, 4.69) is 5.32 Å². The molecule has 1 atom stereocenters. The van der Waals surface area contributed by atoms with Crippen molar-refractivity contribution in [3.8, 4) is 0 Å². The summed E-state index contributed by atoms with van der Waals surface area (Å²) in [7, 11) is 0. The van der Waals surface area contributed by atoms with E-state index in [1.54, 1.807) is 6.07 Å². The molecule has 0 aromatic heterocycles. The number of nitrogens with zero attached hydrogens (tertiary/aromatic N) is 1. The van der Waals surface area contributed by atoms with Gasteiger partial charge in [-0.25, -0.2) is 4.39 Å². The third-order valence-electron chi connectivity index (χ3n) is 5.35. The summed E-state index contributed by atoms with van der Waals surface area (Å²) in [5, 5.41) is 3.20. The molecule has 3 rings (SSSR count). The Hall–Kier alpha value is -3.18. The minimum Gasteiger partial charge on any atom is -0.350 e. The summed E-state index contributed by atoms with van der Waals surface area (Å²) in [6, 6.07) is 22.6. The standard InChI is InChI=1S/C28H30ClFN2O2/c1-28(2,3)31-27(34)25(17-20-11-6-4-7-12-20)32(19-21-13-8-5-9-14-21)26(33)18-22-23(29)15-10-16-24(22)30/h4-16,25H,17-19H2,1-3H3,(H,31,34)/t25-/m0/s1. The van der Waals surface area contributed by atoms with E-state index in [0.717, 1.165) is 11.1 Å². The average molecular weight is 481 g/mol. The van der Waals surface area contributed by atoms with Crippen molar-refractivity contribution in [2.45, 2.75) is 51.7 Å². The van der Waals surface area contributed by atoms with Crippen molar-refractivity contribution in [3.63, 3.8) is 0 Å². The van der Waals surface area contributed by atoms with Crippen molar-refractivity contribution < 1.29 is 14.0 Å². The van der Waals surface area contributed by atoms with Crippen molar-refractivity contribution in [2.75, 3.05) is 0 Å². The molecule has 0 unspecified atom stereocenters. The van der Waals surface area contributed by atoms with Crippen molar-refractivity contribution >= 4 is 23.4 Å². The molecule has 0 bridgehead atoms. The Kier molecular flexibility index (Phi) is 8.46. The van der Waals surface area contributed by atoms with E-state index in [0.29, 0.717) is 6.42 Å². The number of hydrogen-bond acceptors (Lipinski definition) is 2. The SMILES string of the molecule is CC(C)(C)NC(=O)[C@H](Cc1ccccc1)N(Cc1ccccc1)C(=O)Cc1c(F)cccc1Cl. The fourth-order valence-corrected chi connectivity index (χ4v) is 3.97. The highest BCUT2D eigenvalue weighted by molar-refractivity contribution is 6.31. The van der Waals surface area contributed by atoms with E-state index in [1.165, 1.54) is 17.0 Å². The van der Waals surface area contributed by atoms with Crippen LogP contribution in [0, 0.1) is 5.82 Å². The number of benzene rings is 3. The van der Waals surface area contributed by atoms with Crippen molar-refractivity contribution in [1.29, 1.82) is 0 Å². The molecule has 4 nitrogen and oxygen atoms in total. The van der Waals surface area contributed by atoms with E-state index in [1.807, 2.05) is 81.4 Å². The number of amides is 2. The minimum absolute atomic E-state index is 0.127. The Labute approximate surface area is 205 Å². The minimum atomic E-state index is -0.792. The Morgan fingerprint density at radius 3 is 2.06 bits per heavy atom. The van der Waals surface area contributed by atoms with Crippen LogP contribution >= 0.6 is 11.6 Å². The molecule has 0 aliphatic heterocycles. The predicted molar refractivity (Wildman–Crippen MR) is 134 cm³/mol. The van der Waals surface area contributed by atoms with E-state index in [-0.39, 0.29) is 35.4 Å². The van der Waals surface area contributed by atoms with Crippen LogP contribution in [0.3, 0.4) is 0 Å². The van der Waals surface area contributed by atoms with E-state index < -0.39 is 17.4 Å². The number of nitrogens with one attached hydrogen (secondary N) is 1. The van der Waals surface area contributed by atoms with Gasteiger partial charge in [0.1, 0.15) is 11.9 Å². The number of hydrogen-bond donors (Lipinski definition) is 1. The summed E-state index contributed by atoms with van der Waals surface area (Å²) >= 11 is 6.21. The molecule has 3 aromatic carbocycles. The Bertz CT molecular complexity index is 1090. The molecule has 0 aliphatic rings. The molecule has 0 aliphatic carbocycles. The largest absolute Gasteiger partial charge is 0.350 e. The van der Waals surface area contributed by atoms with Crippen LogP contribution in [-0.4, -0.2) is 28.3 Å². The molecule has 2 amide bonds. The van der Waals surface area contributed by atoms with Gasteiger partial charge in [-0.2, -0.15) is 0 Å². The zero-order chi connectivity index (χ0) is 24.7. The van der Waals surface area contributed by atoms with Gasteiger partial charge in [0.15, 0.2) is 0 Å². The quantitative estimate of drug-likeness (QED) is 0.457. The van der Waals surface area contributed by atoms with E-state index >= 15 is 0 Å². The lowest BCUT2D eigenvalue weighted by molar-refractivity contribution is -0.141. The van der Waals surface area contributed by atoms with Crippen LogP contribution in [0.4, 0.5) is 4.39 Å². The van der Waals surface area contributed by atoms with Gasteiger partial charge < -0.3 is 10.2 Å². The van der Waals surface area contributed by atoms with Gasteiger partial charge in [0.05, 0.1) is 6.42 Å². The summed E-state index contributed by atoms with van der Waals surface area (Å²) < 4.78 is 14.5. The van der Waals surface area contributed by atoms with Gasteiger partial charge in [-0.1, -0.05) is 78.3 Å². The summed E-state index contributed by atoms with van der Waals surface area (Å²) in [5.74, 6) is -1.18. The Morgan fingerprint density at radius 2 is 1.50 bits per heavy atom. The molecule has 0 radical (unpaired) electrons. The molecular weight excluding hydrogens is 451 g/mol. The molecule has 6 heteroatoms. The van der Waals surface area contributed by atoms with Gasteiger partial charge in [-0.15, -0.1) is 0 Å². The lowest BCUT2D eigenvalue weighted by Gasteiger charge is -2.34. The number of carbonyl (C=O) groups is 2. The first-order chi connectivity index (χ1) is 16.1. The summed E-state index contributed by atoms with van der Waals surface area (Å²) in [5.41, 5.74) is 1.44. The van der Waals surface area contributed by atoms with Gasteiger partial charge in [-0.3, -0.25) is 9.59 Å². The molecular formula is C28H30ClFN2O2. The first-order valence-electron chi connectivity index (χ1n) is 11.3. The van der Waals surface area contributed by atoms with Crippen LogP contribution < -0.4 is 5.32 Å². The summed E-state index contributed by atoms with van der Waals surface area (Å²) in [4.78, 5) is 28.7. The first kappa shape index (κ1) is 25.4. The van der Waals surface area contributed by atoms with Crippen molar-refractivity contribution in [1.82, 2.24) is 10.2 Å². The van der Waals surface area contributed by atoms with Crippen LogP contribution in [0.5, 0.6) is 0 Å². The molecule has 178 valence electrons. The average Bonchev–Trinajstić information content (AvgIpc) is 2.79. The molecule has 0 saturated heterocycles. The third-order valence-corrected chi connectivity index (χ3v) is 5.71. The molecule has 3 aromatic rings. The Balaban J connectivity index is 2.01. The molecule has 0 saturated carbocycles. The lowest BCUT2D eigenvalue weighted by Crippen LogP contribution is -2.54. The maximum atomic E-state index is 14.5. The number of carbonyl (C=O) groups excluding carboxylic acids is 2. The maximum absolute atomic E-state index is 14.5. The topological polar surface area (TPSA) is 49.4 Å². The third kappa shape index (κ3) is 7.16. The highest BCUT2D eigenvalue weighted by Crippen LogP contribution is 2.22. The fourth-order valence-electron chi connectivity index (χ4n) is 3.74. The normalized spacial score (nSPS) is 12.1. The molecule has 34 heavy (non-hydrogen) atoms. The van der Waals surface area contributed by atoms with E-state index in [9.17, 15) is 14.0 Å². The molecule has 0 spiro atoms. The van der Waals surface area contributed by atoms with Gasteiger partial charge in [-0.05, 0) is 44.0 Å². The monoisotopic (exact) mass is 480 g/mol. The zero-order valence-corrected chi connectivity index (χ0v) is 20.5. The highest BCUT2D eigenvalue weighted by Gasteiger charge is 2.32. The number of halogens is 2. The highest BCUT2D eigenvalue weighted by atomic mass is 35.5. The van der Waals surface area contributed by atoms with Gasteiger partial charge in [0, 0.05) is 29.1 Å². The fraction of sp³-hybridized carbons (Fsp3) is 0.286. The predicted octanol–water partition coefficient (Wildman–Crippen LogP) is 5.58. The van der Waals surface area contributed by atoms with E-state index in [4.69, 9.17) is 11.6 Å². The van der Waals surface area contributed by atoms with Crippen LogP contribution in [0.2, 0.25) is 5.02 Å². The number of rotatable bonds is 8. The maximum Gasteiger partial charge on any atom is 0.243 e. The smallest absolute Gasteiger partial charge is 0.243 e. The van der Waals surface area contributed by atoms with Gasteiger partial charge >= 0.3 is 0 Å². The van der Waals surface area contributed by atoms with Crippen LogP contribution in [0.1, 0.15) is 37.5 Å². The van der Waals surface area contributed by atoms with Crippen molar-refractivity contribution in [3.05, 3.63) is 106 Å².